The second kappa shape index (κ2) is 9.43. The lowest BCUT2D eigenvalue weighted by molar-refractivity contribution is -0.157. The molecule has 0 saturated carbocycles. The fourth-order valence-electron chi connectivity index (χ4n) is 2.59. The molecule has 1 N–H and O–H groups in total. The first-order valence-corrected chi connectivity index (χ1v) is 9.88. The molecule has 3 aromatic rings. The molecule has 0 aliphatic carbocycles. The van der Waals surface area contributed by atoms with Gasteiger partial charge in [-0.15, -0.1) is 11.3 Å². The fraction of sp³-hybridized carbons (Fsp3) is 0.286. The van der Waals surface area contributed by atoms with Gasteiger partial charge in [0, 0.05) is 18.7 Å². The van der Waals surface area contributed by atoms with Gasteiger partial charge in [0.2, 0.25) is 0 Å². The molecule has 6 nitrogen and oxygen atoms in total. The third-order valence-electron chi connectivity index (χ3n) is 4.02. The maximum atomic E-state index is 12.2. The van der Waals surface area contributed by atoms with Crippen LogP contribution in [-0.2, 0) is 25.5 Å². The molecule has 2 aromatic carbocycles. The molecule has 3 rings (SSSR count). The van der Waals surface area contributed by atoms with E-state index in [0.717, 1.165) is 22.5 Å². The standard InChI is InChI=1S/C21H22N2O4S/c1-3-26-13-20(24)27-14(2)21(25)22-16-10-8-15(9-11-16)12-19-23-17-6-4-5-7-18(17)28-19/h4-11,14H,3,12-13H2,1-2H3,(H,22,25)/t14-/m0/s1. The summed E-state index contributed by atoms with van der Waals surface area (Å²) in [5.41, 5.74) is 2.76. The number of nitrogens with zero attached hydrogens (tertiary/aromatic N) is 1. The summed E-state index contributed by atoms with van der Waals surface area (Å²) in [6.07, 6.45) is -0.158. The molecule has 0 fully saturated rings. The first kappa shape index (κ1) is 20.0. The number of anilines is 1. The number of amides is 1. The maximum absolute atomic E-state index is 12.2. The zero-order valence-corrected chi connectivity index (χ0v) is 16.6. The first-order valence-electron chi connectivity index (χ1n) is 9.06. The number of fused-ring (bicyclic) bond motifs is 1. The molecule has 7 heteroatoms. The van der Waals surface area contributed by atoms with E-state index >= 15 is 0 Å². The van der Waals surface area contributed by atoms with Crippen LogP contribution >= 0.6 is 11.3 Å². The van der Waals surface area contributed by atoms with Crippen LogP contribution < -0.4 is 5.32 Å². The number of para-hydroxylation sites is 1. The summed E-state index contributed by atoms with van der Waals surface area (Å²) >= 11 is 1.68. The van der Waals surface area contributed by atoms with E-state index in [-0.39, 0.29) is 12.5 Å². The Labute approximate surface area is 167 Å². The molecule has 1 aromatic heterocycles. The Bertz CT molecular complexity index is 919. The second-order valence-corrected chi connectivity index (χ2v) is 7.32. The van der Waals surface area contributed by atoms with Crippen LogP contribution in [0.2, 0.25) is 0 Å². The minimum atomic E-state index is -0.893. The van der Waals surface area contributed by atoms with Gasteiger partial charge in [-0.3, -0.25) is 4.79 Å². The van der Waals surface area contributed by atoms with Gasteiger partial charge in [0.05, 0.1) is 15.2 Å². The molecule has 28 heavy (non-hydrogen) atoms. The lowest BCUT2D eigenvalue weighted by Gasteiger charge is -2.13. The number of carbonyl (C=O) groups excluding carboxylic acids is 2. The van der Waals surface area contributed by atoms with E-state index in [1.165, 1.54) is 11.6 Å². The quantitative estimate of drug-likeness (QED) is 0.584. The summed E-state index contributed by atoms with van der Waals surface area (Å²) in [6.45, 7) is 3.57. The molecule has 0 saturated heterocycles. The highest BCUT2D eigenvalue weighted by molar-refractivity contribution is 7.18. The molecule has 0 bridgehead atoms. The number of ether oxygens (including phenoxy) is 2. The highest BCUT2D eigenvalue weighted by Crippen LogP contribution is 2.24. The molecule has 1 atom stereocenters. The van der Waals surface area contributed by atoms with Crippen molar-refractivity contribution in [3.05, 3.63) is 59.1 Å². The van der Waals surface area contributed by atoms with E-state index in [1.807, 2.05) is 42.5 Å². The van der Waals surface area contributed by atoms with Gasteiger partial charge in [-0.25, -0.2) is 9.78 Å². The third kappa shape index (κ3) is 5.37. The Morgan fingerprint density at radius 1 is 1.14 bits per heavy atom. The van der Waals surface area contributed by atoms with E-state index in [1.54, 1.807) is 18.3 Å². The number of esters is 1. The van der Waals surface area contributed by atoms with Crippen molar-refractivity contribution in [1.29, 1.82) is 0 Å². The van der Waals surface area contributed by atoms with E-state index in [2.05, 4.69) is 16.4 Å². The Hall–Kier alpha value is -2.77. The van der Waals surface area contributed by atoms with Crippen LogP contribution in [0.15, 0.2) is 48.5 Å². The molecule has 0 aliphatic heterocycles. The Morgan fingerprint density at radius 3 is 2.61 bits per heavy atom. The van der Waals surface area contributed by atoms with Crippen molar-refractivity contribution < 1.29 is 19.1 Å². The van der Waals surface area contributed by atoms with Gasteiger partial charge >= 0.3 is 5.97 Å². The van der Waals surface area contributed by atoms with Gasteiger partial charge in [0.25, 0.3) is 5.91 Å². The van der Waals surface area contributed by atoms with Gasteiger partial charge in [0.15, 0.2) is 6.10 Å². The third-order valence-corrected chi connectivity index (χ3v) is 5.05. The van der Waals surface area contributed by atoms with Crippen LogP contribution in [0.4, 0.5) is 5.69 Å². The molecule has 1 heterocycles. The number of aromatic nitrogens is 1. The van der Waals surface area contributed by atoms with Crippen LogP contribution in [0.3, 0.4) is 0 Å². The van der Waals surface area contributed by atoms with E-state index in [9.17, 15) is 9.59 Å². The van der Waals surface area contributed by atoms with Gasteiger partial charge in [0.1, 0.15) is 6.61 Å². The number of carbonyl (C=O) groups is 2. The van der Waals surface area contributed by atoms with Gasteiger partial charge in [-0.05, 0) is 43.7 Å². The van der Waals surface area contributed by atoms with Crippen molar-refractivity contribution >= 4 is 39.1 Å². The molecule has 1 amide bonds. The van der Waals surface area contributed by atoms with E-state index < -0.39 is 12.1 Å². The smallest absolute Gasteiger partial charge is 0.332 e. The lowest BCUT2D eigenvalue weighted by atomic mass is 10.1. The summed E-state index contributed by atoms with van der Waals surface area (Å²) < 4.78 is 11.2. The fourth-order valence-corrected chi connectivity index (χ4v) is 3.59. The normalized spacial score (nSPS) is 11.9. The van der Waals surface area contributed by atoms with Crippen molar-refractivity contribution in [3.8, 4) is 0 Å². The molecule has 146 valence electrons. The highest BCUT2D eigenvalue weighted by Gasteiger charge is 2.18. The monoisotopic (exact) mass is 398 g/mol. The molecule has 0 aliphatic rings. The summed E-state index contributed by atoms with van der Waals surface area (Å²) in [6, 6.07) is 15.6. The number of rotatable bonds is 8. The van der Waals surface area contributed by atoms with Crippen molar-refractivity contribution in [2.45, 2.75) is 26.4 Å². The largest absolute Gasteiger partial charge is 0.451 e. The van der Waals surface area contributed by atoms with Gasteiger partial charge in [-0.1, -0.05) is 24.3 Å². The average molecular weight is 398 g/mol. The summed E-state index contributed by atoms with van der Waals surface area (Å²) in [7, 11) is 0. The zero-order chi connectivity index (χ0) is 19.9. The summed E-state index contributed by atoms with van der Waals surface area (Å²) in [4.78, 5) is 28.3. The maximum Gasteiger partial charge on any atom is 0.332 e. The van der Waals surface area contributed by atoms with Crippen molar-refractivity contribution in [2.24, 2.45) is 0 Å². The summed E-state index contributed by atoms with van der Waals surface area (Å²) in [5.74, 6) is -0.945. The second-order valence-electron chi connectivity index (χ2n) is 6.21. The van der Waals surface area contributed by atoms with Gasteiger partial charge in [-0.2, -0.15) is 0 Å². The van der Waals surface area contributed by atoms with Crippen LogP contribution in [0.5, 0.6) is 0 Å². The number of hydrogen-bond donors (Lipinski definition) is 1. The Morgan fingerprint density at radius 2 is 1.89 bits per heavy atom. The molecule has 0 unspecified atom stereocenters. The van der Waals surface area contributed by atoms with Crippen molar-refractivity contribution in [3.63, 3.8) is 0 Å². The van der Waals surface area contributed by atoms with E-state index in [0.29, 0.717) is 12.3 Å². The molecule has 0 spiro atoms. The number of hydrogen-bond acceptors (Lipinski definition) is 6. The Kier molecular flexibility index (Phi) is 6.73. The number of nitrogens with one attached hydrogen (secondary N) is 1. The minimum Gasteiger partial charge on any atom is -0.451 e. The lowest BCUT2D eigenvalue weighted by Crippen LogP contribution is -2.31. The first-order chi connectivity index (χ1) is 13.5. The molecular formula is C21H22N2O4S. The number of thiazole rings is 1. The van der Waals surface area contributed by atoms with Crippen LogP contribution in [0.25, 0.3) is 10.2 Å². The predicted octanol–water partition coefficient (Wildman–Crippen LogP) is 3.79. The highest BCUT2D eigenvalue weighted by atomic mass is 32.1. The summed E-state index contributed by atoms with van der Waals surface area (Å²) in [5, 5.41) is 3.79. The predicted molar refractivity (Wildman–Crippen MR) is 110 cm³/mol. The Balaban J connectivity index is 1.55. The zero-order valence-electron chi connectivity index (χ0n) is 15.8. The molecule has 0 radical (unpaired) electrons. The SMILES string of the molecule is CCOCC(=O)O[C@@H](C)C(=O)Nc1ccc(Cc2nc3ccccc3s2)cc1. The van der Waals surface area contributed by atoms with Crippen LogP contribution in [0.1, 0.15) is 24.4 Å². The van der Waals surface area contributed by atoms with Crippen molar-refractivity contribution in [2.75, 3.05) is 18.5 Å². The minimum absolute atomic E-state index is 0.158. The van der Waals surface area contributed by atoms with Crippen molar-refractivity contribution in [1.82, 2.24) is 4.98 Å². The van der Waals surface area contributed by atoms with E-state index in [4.69, 9.17) is 9.47 Å². The number of benzene rings is 2. The van der Waals surface area contributed by atoms with Gasteiger partial charge < -0.3 is 14.8 Å². The topological polar surface area (TPSA) is 77.5 Å². The average Bonchev–Trinajstić information content (AvgIpc) is 3.10. The van der Waals surface area contributed by atoms with Crippen LogP contribution in [-0.4, -0.2) is 36.2 Å². The van der Waals surface area contributed by atoms with Crippen LogP contribution in [0, 0.1) is 0 Å². The molecular weight excluding hydrogens is 376 g/mol.